The van der Waals surface area contributed by atoms with Crippen LogP contribution in [0.15, 0.2) is 59.7 Å². The Hall–Kier alpha value is -3.74. The molecule has 0 unspecified atom stereocenters. The van der Waals surface area contributed by atoms with E-state index in [0.29, 0.717) is 18.2 Å². The molecule has 1 aromatic heterocycles. The van der Waals surface area contributed by atoms with Crippen molar-refractivity contribution in [1.29, 1.82) is 0 Å². The average Bonchev–Trinajstić information content (AvgIpc) is 3.20. The van der Waals surface area contributed by atoms with Gasteiger partial charge in [-0.05, 0) is 47.4 Å². The molecule has 7 heteroatoms. The van der Waals surface area contributed by atoms with E-state index in [1.807, 2.05) is 42.5 Å². The zero-order valence-electron chi connectivity index (χ0n) is 19.2. The van der Waals surface area contributed by atoms with Gasteiger partial charge in [0, 0.05) is 29.0 Å². The molecule has 0 saturated heterocycles. The van der Waals surface area contributed by atoms with E-state index < -0.39 is 5.54 Å². The number of aromatic nitrogens is 1. The molecule has 170 valence electrons. The topological polar surface area (TPSA) is 88.2 Å². The van der Waals surface area contributed by atoms with E-state index in [4.69, 9.17) is 29.7 Å². The third-order valence-corrected chi connectivity index (χ3v) is 5.72. The van der Waals surface area contributed by atoms with Crippen molar-refractivity contribution < 1.29 is 18.9 Å². The number of amidine groups is 1. The number of rotatable bonds is 4. The second-order valence-corrected chi connectivity index (χ2v) is 9.51. The van der Waals surface area contributed by atoms with Crippen LogP contribution in [0.1, 0.15) is 31.9 Å². The molecular weight excluding hydrogens is 418 g/mol. The Morgan fingerprint density at radius 3 is 2.36 bits per heavy atom. The van der Waals surface area contributed by atoms with Crippen molar-refractivity contribution in [3.8, 4) is 34.3 Å². The maximum atomic E-state index is 6.27. The Morgan fingerprint density at radius 1 is 1.00 bits per heavy atom. The molecule has 0 fully saturated rings. The molecule has 2 aromatic carbocycles. The molecular formula is C26H27N3O4. The summed E-state index contributed by atoms with van der Waals surface area (Å²) in [6, 6.07) is 15.8. The number of aliphatic imine (C=N–C) groups is 1. The summed E-state index contributed by atoms with van der Waals surface area (Å²) in [5, 5.41) is 0. The van der Waals surface area contributed by atoms with Crippen LogP contribution in [0.5, 0.6) is 23.1 Å². The van der Waals surface area contributed by atoms with Gasteiger partial charge in [-0.25, -0.2) is 9.98 Å². The van der Waals surface area contributed by atoms with Crippen LogP contribution in [0.25, 0.3) is 11.1 Å². The Balaban J connectivity index is 1.60. The fourth-order valence-electron chi connectivity index (χ4n) is 4.08. The van der Waals surface area contributed by atoms with Crippen LogP contribution in [-0.2, 0) is 10.3 Å². The predicted molar refractivity (Wildman–Crippen MR) is 126 cm³/mol. The molecule has 1 atom stereocenters. The third kappa shape index (κ3) is 3.84. The number of benzene rings is 2. The molecule has 2 N–H and O–H groups in total. The van der Waals surface area contributed by atoms with Crippen LogP contribution < -0.4 is 19.9 Å². The van der Waals surface area contributed by atoms with Crippen molar-refractivity contribution in [2.75, 3.05) is 20.3 Å². The lowest BCUT2D eigenvalue weighted by Crippen LogP contribution is -2.31. The Bertz CT molecular complexity index is 1230. The van der Waals surface area contributed by atoms with Gasteiger partial charge in [-0.2, -0.15) is 0 Å². The van der Waals surface area contributed by atoms with Crippen LogP contribution in [0.3, 0.4) is 0 Å². The maximum Gasteiger partial charge on any atom is 0.283 e. The zero-order valence-corrected chi connectivity index (χ0v) is 19.2. The van der Waals surface area contributed by atoms with Gasteiger partial charge in [0.15, 0.2) is 5.54 Å². The minimum absolute atomic E-state index is 0.0387. The smallest absolute Gasteiger partial charge is 0.283 e. The number of nitrogens with zero attached hydrogens (tertiary/aromatic N) is 2. The molecule has 0 aliphatic carbocycles. The SMILES string of the molecule is COc1ccc(-c2ccc3c(c2)[C@@]2(COC(N)=N2)c2cc(OCC(C)(C)C)ccc2O3)cn1. The summed E-state index contributed by atoms with van der Waals surface area (Å²) in [5.74, 6) is 2.76. The molecule has 33 heavy (non-hydrogen) atoms. The second-order valence-electron chi connectivity index (χ2n) is 9.51. The quantitative estimate of drug-likeness (QED) is 0.616. The lowest BCUT2D eigenvalue weighted by molar-refractivity contribution is 0.197. The van der Waals surface area contributed by atoms with E-state index in [2.05, 4.69) is 31.8 Å². The average molecular weight is 446 g/mol. The van der Waals surface area contributed by atoms with Gasteiger partial charge in [0.25, 0.3) is 6.02 Å². The van der Waals surface area contributed by atoms with Gasteiger partial charge in [0.1, 0.15) is 23.9 Å². The van der Waals surface area contributed by atoms with Crippen molar-refractivity contribution in [3.05, 3.63) is 65.9 Å². The highest BCUT2D eigenvalue weighted by molar-refractivity contribution is 5.78. The van der Waals surface area contributed by atoms with E-state index in [1.165, 1.54) is 0 Å². The first-order valence-corrected chi connectivity index (χ1v) is 10.9. The van der Waals surface area contributed by atoms with Crippen molar-refractivity contribution in [2.24, 2.45) is 16.1 Å². The Kier molecular flexibility index (Phi) is 4.92. The van der Waals surface area contributed by atoms with Gasteiger partial charge in [-0.3, -0.25) is 0 Å². The van der Waals surface area contributed by atoms with E-state index in [-0.39, 0.29) is 18.0 Å². The highest BCUT2D eigenvalue weighted by Crippen LogP contribution is 2.52. The Morgan fingerprint density at radius 2 is 1.73 bits per heavy atom. The summed E-state index contributed by atoms with van der Waals surface area (Å²) in [6.07, 6.45) is 1.78. The van der Waals surface area contributed by atoms with Gasteiger partial charge in [0.05, 0.1) is 13.7 Å². The summed E-state index contributed by atoms with van der Waals surface area (Å²) < 4.78 is 23.2. The normalized spacial score (nSPS) is 18.6. The monoisotopic (exact) mass is 445 g/mol. The Labute approximate surface area is 193 Å². The first-order valence-electron chi connectivity index (χ1n) is 10.9. The number of hydrogen-bond acceptors (Lipinski definition) is 7. The molecule has 3 aromatic rings. The summed E-state index contributed by atoms with van der Waals surface area (Å²) in [6.45, 7) is 7.29. The van der Waals surface area contributed by atoms with Crippen molar-refractivity contribution in [3.63, 3.8) is 0 Å². The van der Waals surface area contributed by atoms with Gasteiger partial charge in [-0.1, -0.05) is 26.8 Å². The molecule has 0 saturated carbocycles. The highest BCUT2D eigenvalue weighted by atomic mass is 16.5. The number of pyridine rings is 1. The largest absolute Gasteiger partial charge is 0.493 e. The minimum atomic E-state index is -0.815. The van der Waals surface area contributed by atoms with Crippen LogP contribution in [-0.4, -0.2) is 31.3 Å². The standard InChI is InChI=1S/C26H27N3O4/c1-25(2,3)14-31-18-7-9-22-20(12-18)26(15-32-24(27)29-26)19-11-16(5-8-21(19)33-22)17-6-10-23(30-4)28-13-17/h5-13H,14-15H2,1-4H3,(H2,27,29)/t26-/m0/s1. The molecule has 7 nitrogen and oxygen atoms in total. The van der Waals surface area contributed by atoms with Gasteiger partial charge >= 0.3 is 0 Å². The lowest BCUT2D eigenvalue weighted by Gasteiger charge is -2.34. The van der Waals surface area contributed by atoms with Gasteiger partial charge < -0.3 is 24.7 Å². The van der Waals surface area contributed by atoms with Crippen LogP contribution in [0.2, 0.25) is 0 Å². The zero-order chi connectivity index (χ0) is 23.2. The summed E-state index contributed by atoms with van der Waals surface area (Å²) in [5.41, 5.74) is 8.94. The van der Waals surface area contributed by atoms with Crippen LogP contribution in [0.4, 0.5) is 0 Å². The fourth-order valence-corrected chi connectivity index (χ4v) is 4.08. The van der Waals surface area contributed by atoms with E-state index in [9.17, 15) is 0 Å². The molecule has 0 amide bonds. The molecule has 5 rings (SSSR count). The molecule has 0 bridgehead atoms. The van der Waals surface area contributed by atoms with E-state index >= 15 is 0 Å². The lowest BCUT2D eigenvalue weighted by atomic mass is 9.80. The minimum Gasteiger partial charge on any atom is -0.493 e. The van der Waals surface area contributed by atoms with Gasteiger partial charge in [0.2, 0.25) is 5.88 Å². The van der Waals surface area contributed by atoms with E-state index in [0.717, 1.165) is 33.8 Å². The second kappa shape index (κ2) is 7.69. The number of fused-ring (bicyclic) bond motifs is 4. The van der Waals surface area contributed by atoms with Crippen molar-refractivity contribution >= 4 is 6.02 Å². The van der Waals surface area contributed by atoms with Crippen molar-refractivity contribution in [1.82, 2.24) is 4.98 Å². The summed E-state index contributed by atoms with van der Waals surface area (Å²) >= 11 is 0. The van der Waals surface area contributed by atoms with Crippen LogP contribution in [0, 0.1) is 5.41 Å². The van der Waals surface area contributed by atoms with Crippen molar-refractivity contribution in [2.45, 2.75) is 26.3 Å². The highest BCUT2D eigenvalue weighted by Gasteiger charge is 2.47. The third-order valence-electron chi connectivity index (χ3n) is 5.72. The predicted octanol–water partition coefficient (Wildman–Crippen LogP) is 4.88. The number of nitrogens with two attached hydrogens (primary N) is 1. The first-order chi connectivity index (χ1) is 15.8. The summed E-state index contributed by atoms with van der Waals surface area (Å²) in [4.78, 5) is 9.11. The van der Waals surface area contributed by atoms with Gasteiger partial charge in [-0.15, -0.1) is 0 Å². The molecule has 0 radical (unpaired) electrons. The maximum absolute atomic E-state index is 6.27. The van der Waals surface area contributed by atoms with E-state index in [1.54, 1.807) is 13.3 Å². The molecule has 3 heterocycles. The number of ether oxygens (including phenoxy) is 4. The summed E-state index contributed by atoms with van der Waals surface area (Å²) in [7, 11) is 1.60. The first kappa shape index (κ1) is 21.1. The molecule has 2 aliphatic rings. The molecule has 1 spiro atoms. The van der Waals surface area contributed by atoms with Crippen LogP contribution >= 0.6 is 0 Å². The fraction of sp³-hybridized carbons (Fsp3) is 0.308. The number of methoxy groups -OCH3 is 1. The molecule has 2 aliphatic heterocycles. The number of hydrogen-bond donors (Lipinski definition) is 1.